The maximum atomic E-state index is 9.53. The Morgan fingerprint density at radius 1 is 1.55 bits per heavy atom. The molecule has 0 heterocycles. The van der Waals surface area contributed by atoms with Gasteiger partial charge in [-0.1, -0.05) is 6.58 Å². The summed E-state index contributed by atoms with van der Waals surface area (Å²) in [7, 11) is 0. The lowest BCUT2D eigenvalue weighted by atomic mass is 10.8. The number of carbonyl (C=O) groups excluding carboxylic acids is 1. The molecule has 2 N–H and O–H groups in total. The van der Waals surface area contributed by atoms with Crippen LogP contribution in [0.5, 0.6) is 0 Å². The van der Waals surface area contributed by atoms with Crippen molar-refractivity contribution in [2.45, 2.75) is 13.8 Å². The summed E-state index contributed by atoms with van der Waals surface area (Å²) in [6.07, 6.45) is 0.146. The van der Waals surface area contributed by atoms with E-state index < -0.39 is 6.09 Å². The van der Waals surface area contributed by atoms with Crippen molar-refractivity contribution in [2.75, 3.05) is 13.2 Å². The summed E-state index contributed by atoms with van der Waals surface area (Å²) in [5, 5.41) is 0. The average Bonchev–Trinajstić information content (AvgIpc) is 1.90. The van der Waals surface area contributed by atoms with E-state index in [0.29, 0.717) is 0 Å². The van der Waals surface area contributed by atoms with Gasteiger partial charge in [0.05, 0.1) is 6.26 Å². The number of ether oxygens (including phenoxy) is 2. The number of rotatable bonds is 3. The zero-order valence-electron chi connectivity index (χ0n) is 7.00. The van der Waals surface area contributed by atoms with Crippen LogP contribution in [0.1, 0.15) is 13.8 Å². The Hall–Kier alpha value is -1.03. The van der Waals surface area contributed by atoms with Gasteiger partial charge in [0.2, 0.25) is 0 Å². The van der Waals surface area contributed by atoms with Crippen molar-refractivity contribution in [3.63, 3.8) is 0 Å². The molecular weight excluding hydrogens is 146 g/mol. The van der Waals surface area contributed by atoms with E-state index in [0.717, 1.165) is 19.5 Å². The molecule has 4 nitrogen and oxygen atoms in total. The fourth-order valence-electron chi connectivity index (χ4n) is 0.286. The van der Waals surface area contributed by atoms with Crippen LogP contribution in [0.25, 0.3) is 0 Å². The third-order valence-corrected chi connectivity index (χ3v) is 0.608. The van der Waals surface area contributed by atoms with Crippen molar-refractivity contribution in [2.24, 2.45) is 5.73 Å². The fourth-order valence-corrected chi connectivity index (χ4v) is 0.286. The van der Waals surface area contributed by atoms with Crippen molar-refractivity contribution in [1.29, 1.82) is 0 Å². The molecule has 66 valence electrons. The molecule has 11 heavy (non-hydrogen) atoms. The van der Waals surface area contributed by atoms with Gasteiger partial charge < -0.3 is 15.2 Å². The summed E-state index contributed by atoms with van der Waals surface area (Å²) in [6, 6.07) is 0. The van der Waals surface area contributed by atoms with Gasteiger partial charge >= 0.3 is 6.09 Å². The maximum Gasteiger partial charge on any atom is 0.409 e. The first-order valence-corrected chi connectivity index (χ1v) is 3.33. The molecule has 0 bridgehead atoms. The van der Waals surface area contributed by atoms with Crippen molar-refractivity contribution in [3.05, 3.63) is 12.8 Å². The van der Waals surface area contributed by atoms with E-state index in [2.05, 4.69) is 17.0 Å². The van der Waals surface area contributed by atoms with Crippen LogP contribution in [0.2, 0.25) is 0 Å². The van der Waals surface area contributed by atoms with Gasteiger partial charge in [0, 0.05) is 13.2 Å². The molecule has 0 aliphatic carbocycles. The van der Waals surface area contributed by atoms with Gasteiger partial charge in [-0.3, -0.25) is 0 Å². The lowest BCUT2D eigenvalue weighted by Crippen LogP contribution is -2.08. The van der Waals surface area contributed by atoms with Crippen LogP contribution in [0.4, 0.5) is 4.79 Å². The standard InChI is InChI=1S/C4H10O.C3H5NO2/c1-3-5-4-2;1-2-6-3(4)5/h3-4H2,1-2H3;2H,1H2,(H2,4,5). The molecule has 4 heteroatoms. The molecule has 0 spiro atoms. The highest BCUT2D eigenvalue weighted by Crippen LogP contribution is 1.66. The topological polar surface area (TPSA) is 61.5 Å². The van der Waals surface area contributed by atoms with Gasteiger partial charge in [-0.2, -0.15) is 0 Å². The second-order valence-electron chi connectivity index (χ2n) is 1.39. The minimum absolute atomic E-state index is 0.829. The molecule has 0 aliphatic rings. The fraction of sp³-hybridized carbons (Fsp3) is 0.571. The predicted molar refractivity (Wildman–Crippen MR) is 43.0 cm³/mol. The van der Waals surface area contributed by atoms with Crippen LogP contribution in [-0.4, -0.2) is 19.3 Å². The van der Waals surface area contributed by atoms with Crippen LogP contribution < -0.4 is 5.73 Å². The highest BCUT2D eigenvalue weighted by atomic mass is 16.5. The number of carbonyl (C=O) groups is 1. The highest BCUT2D eigenvalue weighted by molar-refractivity contribution is 5.65. The molecule has 0 rings (SSSR count). The van der Waals surface area contributed by atoms with Gasteiger partial charge in [-0.25, -0.2) is 4.79 Å². The minimum Gasteiger partial charge on any atom is -0.419 e. The van der Waals surface area contributed by atoms with Crippen LogP contribution in [0.3, 0.4) is 0 Å². The smallest absolute Gasteiger partial charge is 0.409 e. The third kappa shape index (κ3) is 27.6. The van der Waals surface area contributed by atoms with E-state index in [4.69, 9.17) is 4.74 Å². The molecule has 0 aromatic carbocycles. The molecule has 0 aromatic rings. The Morgan fingerprint density at radius 2 is 2.00 bits per heavy atom. The lowest BCUT2D eigenvalue weighted by Gasteiger charge is -1.86. The first-order valence-electron chi connectivity index (χ1n) is 3.33. The number of hydrogen-bond acceptors (Lipinski definition) is 3. The normalized spacial score (nSPS) is 7.45. The van der Waals surface area contributed by atoms with E-state index in [1.807, 2.05) is 13.8 Å². The Kier molecular flexibility index (Phi) is 13.5. The Bertz CT molecular complexity index is 102. The van der Waals surface area contributed by atoms with Crippen LogP contribution in [0, 0.1) is 0 Å². The highest BCUT2D eigenvalue weighted by Gasteiger charge is 1.79. The van der Waals surface area contributed by atoms with E-state index in [1.54, 1.807) is 0 Å². The minimum atomic E-state index is -0.829. The summed E-state index contributed by atoms with van der Waals surface area (Å²) in [5.41, 5.74) is 4.47. The molecular formula is C7H15NO3. The van der Waals surface area contributed by atoms with Crippen molar-refractivity contribution >= 4 is 6.09 Å². The average molecular weight is 161 g/mol. The van der Waals surface area contributed by atoms with Gasteiger partial charge in [-0.05, 0) is 13.8 Å². The largest absolute Gasteiger partial charge is 0.419 e. The summed E-state index contributed by atoms with van der Waals surface area (Å²) in [6.45, 7) is 8.74. The first-order chi connectivity index (χ1) is 5.18. The lowest BCUT2D eigenvalue weighted by molar-refractivity contribution is 0.162. The Balaban J connectivity index is 0. The Labute approximate surface area is 67.0 Å². The molecule has 0 saturated heterocycles. The van der Waals surface area contributed by atoms with Crippen LogP contribution >= 0.6 is 0 Å². The second kappa shape index (κ2) is 11.7. The zero-order valence-corrected chi connectivity index (χ0v) is 7.00. The summed E-state index contributed by atoms with van der Waals surface area (Å²) >= 11 is 0. The van der Waals surface area contributed by atoms with E-state index in [9.17, 15) is 4.79 Å². The summed E-state index contributed by atoms with van der Waals surface area (Å²) in [5.74, 6) is 0. The molecule has 0 saturated carbocycles. The maximum absolute atomic E-state index is 9.53. The molecule has 0 aliphatic heterocycles. The second-order valence-corrected chi connectivity index (χ2v) is 1.39. The summed E-state index contributed by atoms with van der Waals surface area (Å²) in [4.78, 5) is 9.53. The van der Waals surface area contributed by atoms with Gasteiger partial charge in [-0.15, -0.1) is 0 Å². The number of hydrogen-bond donors (Lipinski definition) is 1. The number of nitrogens with two attached hydrogens (primary N) is 1. The molecule has 0 aromatic heterocycles. The van der Waals surface area contributed by atoms with Crippen LogP contribution in [-0.2, 0) is 9.47 Å². The van der Waals surface area contributed by atoms with Gasteiger partial charge in [0.25, 0.3) is 0 Å². The zero-order chi connectivity index (χ0) is 9.11. The summed E-state index contributed by atoms with van der Waals surface area (Å²) < 4.78 is 8.78. The van der Waals surface area contributed by atoms with E-state index in [1.165, 1.54) is 0 Å². The van der Waals surface area contributed by atoms with Crippen molar-refractivity contribution < 1.29 is 14.3 Å². The molecule has 1 amide bonds. The van der Waals surface area contributed by atoms with Crippen molar-refractivity contribution in [1.82, 2.24) is 0 Å². The molecule has 0 fully saturated rings. The first kappa shape index (κ1) is 12.6. The van der Waals surface area contributed by atoms with E-state index in [-0.39, 0.29) is 0 Å². The number of amides is 1. The number of primary amides is 1. The Morgan fingerprint density at radius 3 is 2.00 bits per heavy atom. The molecule has 0 atom stereocenters. The predicted octanol–water partition coefficient (Wildman–Crippen LogP) is 1.27. The van der Waals surface area contributed by atoms with Crippen LogP contribution in [0.15, 0.2) is 12.8 Å². The van der Waals surface area contributed by atoms with Crippen molar-refractivity contribution in [3.8, 4) is 0 Å². The van der Waals surface area contributed by atoms with Gasteiger partial charge in [0.1, 0.15) is 0 Å². The molecule has 0 unspecified atom stereocenters. The molecule has 0 radical (unpaired) electrons. The quantitative estimate of drug-likeness (QED) is 0.634. The van der Waals surface area contributed by atoms with E-state index >= 15 is 0 Å². The third-order valence-electron chi connectivity index (χ3n) is 0.608. The SMILES string of the molecule is C=COC(N)=O.CCOCC. The van der Waals surface area contributed by atoms with Gasteiger partial charge in [0.15, 0.2) is 0 Å². The monoisotopic (exact) mass is 161 g/mol.